The van der Waals surface area contributed by atoms with Crippen LogP contribution in [0.15, 0.2) is 48.5 Å². The van der Waals surface area contributed by atoms with Crippen LogP contribution >= 0.6 is 11.6 Å². The minimum atomic E-state index is -0.358. The molecule has 4 heteroatoms. The molecule has 0 fully saturated rings. The van der Waals surface area contributed by atoms with Crippen molar-refractivity contribution in [2.24, 2.45) is 0 Å². The second-order valence-electron chi connectivity index (χ2n) is 5.06. The van der Waals surface area contributed by atoms with E-state index in [1.54, 1.807) is 49.5 Å². The zero-order valence-corrected chi connectivity index (χ0v) is 12.8. The molecule has 0 spiro atoms. The summed E-state index contributed by atoms with van der Waals surface area (Å²) in [7, 11) is 1.81. The molecule has 0 aliphatic carbocycles. The van der Waals surface area contributed by atoms with Crippen molar-refractivity contribution in [3.8, 4) is 0 Å². The summed E-state index contributed by atoms with van der Waals surface area (Å²) in [5, 5.41) is 0.532. The molecule has 21 heavy (non-hydrogen) atoms. The summed E-state index contributed by atoms with van der Waals surface area (Å²) in [6, 6.07) is 13.1. The number of carbonyl (C=O) groups excluding carboxylic acids is 1. The second kappa shape index (κ2) is 6.83. The molecule has 2 rings (SSSR count). The molecule has 0 heterocycles. The van der Waals surface area contributed by atoms with E-state index in [2.05, 4.69) is 0 Å². The maximum Gasteiger partial charge on any atom is 0.179 e. The van der Waals surface area contributed by atoms with E-state index in [1.807, 2.05) is 11.8 Å². The van der Waals surface area contributed by atoms with Gasteiger partial charge in [0.05, 0.1) is 6.04 Å². The molecule has 110 valence electrons. The van der Waals surface area contributed by atoms with E-state index < -0.39 is 0 Å². The van der Waals surface area contributed by atoms with Crippen LogP contribution in [0.1, 0.15) is 22.8 Å². The number of carbonyl (C=O) groups is 1. The van der Waals surface area contributed by atoms with Gasteiger partial charge < -0.3 is 0 Å². The van der Waals surface area contributed by atoms with E-state index in [0.717, 1.165) is 0 Å². The average Bonchev–Trinajstić information content (AvgIpc) is 2.48. The summed E-state index contributed by atoms with van der Waals surface area (Å²) in [4.78, 5) is 14.2. The molecule has 2 aromatic carbocycles. The lowest BCUT2D eigenvalue weighted by Crippen LogP contribution is -2.35. The van der Waals surface area contributed by atoms with E-state index in [4.69, 9.17) is 11.6 Å². The number of nitrogens with zero attached hydrogens (tertiary/aromatic N) is 1. The van der Waals surface area contributed by atoms with E-state index in [1.165, 1.54) is 6.07 Å². The first-order valence-electron chi connectivity index (χ1n) is 6.72. The van der Waals surface area contributed by atoms with Crippen molar-refractivity contribution >= 4 is 17.4 Å². The van der Waals surface area contributed by atoms with Crippen molar-refractivity contribution in [1.29, 1.82) is 0 Å². The zero-order chi connectivity index (χ0) is 15.4. The Morgan fingerprint density at radius 3 is 2.62 bits per heavy atom. The Balaban J connectivity index is 2.10. The molecule has 2 nitrogen and oxygen atoms in total. The summed E-state index contributed by atoms with van der Waals surface area (Å²) in [5.41, 5.74) is 1.14. The number of likely N-dealkylation sites (N-methyl/N-ethyl adjacent to an activating group) is 1. The van der Waals surface area contributed by atoms with Gasteiger partial charge in [-0.25, -0.2) is 4.39 Å². The van der Waals surface area contributed by atoms with Gasteiger partial charge in [-0.1, -0.05) is 41.9 Å². The lowest BCUT2D eigenvalue weighted by molar-refractivity contribution is 0.0861. The Kier molecular flexibility index (Phi) is 5.10. The molecule has 2 aromatic rings. The zero-order valence-electron chi connectivity index (χ0n) is 12.0. The van der Waals surface area contributed by atoms with Crippen LogP contribution in [0.5, 0.6) is 0 Å². The van der Waals surface area contributed by atoms with Gasteiger partial charge in [0, 0.05) is 22.7 Å². The van der Waals surface area contributed by atoms with Crippen LogP contribution in [0.4, 0.5) is 4.39 Å². The highest BCUT2D eigenvalue weighted by atomic mass is 35.5. The van der Waals surface area contributed by atoms with Crippen LogP contribution in [0.2, 0.25) is 5.02 Å². The van der Waals surface area contributed by atoms with Gasteiger partial charge in [-0.3, -0.25) is 9.69 Å². The molecule has 0 aromatic heterocycles. The van der Waals surface area contributed by atoms with Gasteiger partial charge in [0.25, 0.3) is 0 Å². The highest BCUT2D eigenvalue weighted by Crippen LogP contribution is 2.16. The van der Waals surface area contributed by atoms with Crippen molar-refractivity contribution in [1.82, 2.24) is 4.90 Å². The fourth-order valence-electron chi connectivity index (χ4n) is 2.12. The minimum Gasteiger partial charge on any atom is -0.292 e. The maximum absolute atomic E-state index is 13.7. The highest BCUT2D eigenvalue weighted by Gasteiger charge is 2.20. The minimum absolute atomic E-state index is 0.0312. The normalized spacial score (nSPS) is 12.4. The topological polar surface area (TPSA) is 20.3 Å². The molecular formula is C17H17ClFNO. The predicted octanol–water partition coefficient (Wildman–Crippen LogP) is 4.18. The largest absolute Gasteiger partial charge is 0.292 e. The monoisotopic (exact) mass is 305 g/mol. The number of halogens is 2. The lowest BCUT2D eigenvalue weighted by Gasteiger charge is -2.24. The van der Waals surface area contributed by atoms with Crippen molar-refractivity contribution in [2.45, 2.75) is 19.5 Å². The summed E-state index contributed by atoms with van der Waals surface area (Å²) >= 11 is 5.91. The smallest absolute Gasteiger partial charge is 0.179 e. The third kappa shape index (κ3) is 3.90. The number of Topliss-reactive ketones (excluding diaryl/α,β-unsaturated/α-hetero) is 1. The Morgan fingerprint density at radius 2 is 1.95 bits per heavy atom. The molecule has 0 aliphatic rings. The van der Waals surface area contributed by atoms with Gasteiger partial charge in [-0.2, -0.15) is 0 Å². The first kappa shape index (κ1) is 15.7. The highest BCUT2D eigenvalue weighted by molar-refractivity contribution is 6.31. The molecule has 1 unspecified atom stereocenters. The van der Waals surface area contributed by atoms with Gasteiger partial charge >= 0.3 is 0 Å². The summed E-state index contributed by atoms with van der Waals surface area (Å²) in [6.07, 6.45) is 0. The molecule has 0 saturated heterocycles. The number of hydrogen-bond acceptors (Lipinski definition) is 2. The molecular weight excluding hydrogens is 289 g/mol. The molecule has 0 radical (unpaired) electrons. The lowest BCUT2D eigenvalue weighted by atomic mass is 10.0. The molecule has 1 atom stereocenters. The van der Waals surface area contributed by atoms with E-state index >= 15 is 0 Å². The molecule has 0 aliphatic heterocycles. The summed E-state index contributed by atoms with van der Waals surface area (Å²) in [5.74, 6) is -0.289. The quantitative estimate of drug-likeness (QED) is 0.772. The van der Waals surface area contributed by atoms with Crippen molar-refractivity contribution in [2.75, 3.05) is 7.05 Å². The van der Waals surface area contributed by atoms with Crippen LogP contribution in [0, 0.1) is 5.82 Å². The molecule has 0 amide bonds. The first-order valence-corrected chi connectivity index (χ1v) is 7.10. The van der Waals surface area contributed by atoms with E-state index in [-0.39, 0.29) is 17.6 Å². The van der Waals surface area contributed by atoms with E-state index in [0.29, 0.717) is 22.7 Å². The summed E-state index contributed by atoms with van der Waals surface area (Å²) < 4.78 is 13.7. The maximum atomic E-state index is 13.7. The number of benzene rings is 2. The van der Waals surface area contributed by atoms with Crippen LogP contribution in [0.25, 0.3) is 0 Å². The third-order valence-electron chi connectivity index (χ3n) is 3.53. The third-order valence-corrected chi connectivity index (χ3v) is 3.76. The number of hydrogen-bond donors (Lipinski definition) is 0. The Labute approximate surface area is 129 Å². The predicted molar refractivity (Wildman–Crippen MR) is 83.1 cm³/mol. The number of rotatable bonds is 5. The molecule has 0 bridgehead atoms. The fraction of sp³-hybridized carbons (Fsp3) is 0.235. The Hall–Kier alpha value is -1.71. The van der Waals surface area contributed by atoms with Crippen LogP contribution in [-0.4, -0.2) is 23.8 Å². The van der Waals surface area contributed by atoms with Gasteiger partial charge in [0.2, 0.25) is 0 Å². The van der Waals surface area contributed by atoms with Crippen molar-refractivity contribution in [3.05, 3.63) is 70.5 Å². The van der Waals surface area contributed by atoms with Crippen molar-refractivity contribution < 1.29 is 9.18 Å². The van der Waals surface area contributed by atoms with Gasteiger partial charge in [-0.15, -0.1) is 0 Å². The average molecular weight is 306 g/mol. The van der Waals surface area contributed by atoms with Gasteiger partial charge in [0.1, 0.15) is 5.82 Å². The fourth-order valence-corrected chi connectivity index (χ4v) is 2.31. The summed E-state index contributed by atoms with van der Waals surface area (Å²) in [6.45, 7) is 2.18. The Bertz CT molecular complexity index is 644. The standard InChI is InChI=1S/C17H17ClFNO/c1-12(17(21)13-7-5-8-15(18)10-13)20(2)11-14-6-3-4-9-16(14)19/h3-10,12H,11H2,1-2H3. The second-order valence-corrected chi connectivity index (χ2v) is 5.49. The van der Waals surface area contributed by atoms with Crippen LogP contribution < -0.4 is 0 Å². The van der Waals surface area contributed by atoms with Gasteiger partial charge in [-0.05, 0) is 32.2 Å². The van der Waals surface area contributed by atoms with Crippen LogP contribution in [-0.2, 0) is 6.54 Å². The van der Waals surface area contributed by atoms with Gasteiger partial charge in [0.15, 0.2) is 5.78 Å². The first-order chi connectivity index (χ1) is 9.99. The number of ketones is 1. The molecule has 0 N–H and O–H groups in total. The van der Waals surface area contributed by atoms with E-state index in [9.17, 15) is 9.18 Å². The van der Waals surface area contributed by atoms with Crippen molar-refractivity contribution in [3.63, 3.8) is 0 Å². The molecule has 0 saturated carbocycles. The Morgan fingerprint density at radius 1 is 1.24 bits per heavy atom. The van der Waals surface area contributed by atoms with Crippen LogP contribution in [0.3, 0.4) is 0 Å². The SMILES string of the molecule is CC(C(=O)c1cccc(Cl)c1)N(C)Cc1ccccc1F.